The van der Waals surface area contributed by atoms with Crippen LogP contribution in [0.1, 0.15) is 24.3 Å². The smallest absolute Gasteiger partial charge is 0.251 e. The highest BCUT2D eigenvalue weighted by atomic mass is 19.1. The summed E-state index contributed by atoms with van der Waals surface area (Å²) in [5.41, 5.74) is 7.16. The summed E-state index contributed by atoms with van der Waals surface area (Å²) in [7, 11) is 0. The molecule has 5 nitrogen and oxygen atoms in total. The lowest BCUT2D eigenvalue weighted by Gasteiger charge is -2.37. The molecule has 6 heteroatoms. The molecule has 24 heavy (non-hydrogen) atoms. The van der Waals surface area contributed by atoms with Crippen molar-refractivity contribution in [1.82, 2.24) is 9.47 Å². The minimum atomic E-state index is -0.530. The SMILES string of the molecule is N[C@H]1CCN(CC2CCn3c(=O)ccc4ccc(F)c2c43)C[C@H]1O. The maximum Gasteiger partial charge on any atom is 0.251 e. The van der Waals surface area contributed by atoms with Crippen LogP contribution in [0.25, 0.3) is 10.9 Å². The molecule has 3 heterocycles. The summed E-state index contributed by atoms with van der Waals surface area (Å²) in [4.78, 5) is 14.3. The highest BCUT2D eigenvalue weighted by Gasteiger charge is 2.30. The Labute approximate surface area is 139 Å². The van der Waals surface area contributed by atoms with E-state index in [4.69, 9.17) is 5.73 Å². The van der Waals surface area contributed by atoms with Crippen LogP contribution in [0, 0.1) is 5.82 Å². The lowest BCUT2D eigenvalue weighted by Crippen LogP contribution is -2.51. The van der Waals surface area contributed by atoms with Gasteiger partial charge in [0.2, 0.25) is 0 Å². The average Bonchev–Trinajstić information content (AvgIpc) is 2.57. The van der Waals surface area contributed by atoms with Crippen LogP contribution in [-0.4, -0.2) is 46.4 Å². The first-order valence-corrected chi connectivity index (χ1v) is 8.52. The third-order valence-corrected chi connectivity index (χ3v) is 5.44. The number of hydrogen-bond donors (Lipinski definition) is 2. The van der Waals surface area contributed by atoms with E-state index in [2.05, 4.69) is 4.90 Å². The maximum atomic E-state index is 14.6. The Balaban J connectivity index is 1.71. The van der Waals surface area contributed by atoms with Crippen LogP contribution in [0.15, 0.2) is 29.1 Å². The molecule has 1 saturated heterocycles. The summed E-state index contributed by atoms with van der Waals surface area (Å²) in [6, 6.07) is 6.37. The van der Waals surface area contributed by atoms with Crippen molar-refractivity contribution < 1.29 is 9.50 Å². The molecule has 1 unspecified atom stereocenters. The number of nitrogens with zero attached hydrogens (tertiary/aromatic N) is 2. The van der Waals surface area contributed by atoms with E-state index in [1.54, 1.807) is 22.8 Å². The van der Waals surface area contributed by atoms with Gasteiger partial charge in [0, 0.05) is 43.2 Å². The molecule has 4 rings (SSSR count). The number of β-amino-alcohol motifs (C(OH)–C–C–N with tert-alkyl or cyclic N) is 1. The summed E-state index contributed by atoms with van der Waals surface area (Å²) in [6.45, 7) is 2.63. The van der Waals surface area contributed by atoms with Crippen LogP contribution in [-0.2, 0) is 6.54 Å². The van der Waals surface area contributed by atoms with Gasteiger partial charge in [0.1, 0.15) is 5.82 Å². The third-order valence-electron chi connectivity index (χ3n) is 5.44. The van der Waals surface area contributed by atoms with Gasteiger partial charge < -0.3 is 20.3 Å². The van der Waals surface area contributed by atoms with E-state index in [-0.39, 0.29) is 23.3 Å². The summed E-state index contributed by atoms with van der Waals surface area (Å²) in [5.74, 6) is -0.224. The second kappa shape index (κ2) is 5.95. The highest BCUT2D eigenvalue weighted by molar-refractivity contribution is 5.83. The van der Waals surface area contributed by atoms with Gasteiger partial charge in [0.05, 0.1) is 11.6 Å². The van der Waals surface area contributed by atoms with Crippen molar-refractivity contribution in [3.8, 4) is 0 Å². The van der Waals surface area contributed by atoms with Crippen molar-refractivity contribution in [2.45, 2.75) is 37.5 Å². The van der Waals surface area contributed by atoms with Gasteiger partial charge in [-0.2, -0.15) is 0 Å². The molecule has 0 saturated carbocycles. The van der Waals surface area contributed by atoms with Crippen LogP contribution in [0.4, 0.5) is 4.39 Å². The zero-order valence-electron chi connectivity index (χ0n) is 13.5. The van der Waals surface area contributed by atoms with Crippen LogP contribution < -0.4 is 11.3 Å². The molecule has 3 N–H and O–H groups in total. The normalized spacial score (nSPS) is 27.5. The molecule has 128 valence electrons. The second-order valence-electron chi connectivity index (χ2n) is 6.99. The van der Waals surface area contributed by atoms with E-state index in [1.165, 1.54) is 6.07 Å². The zero-order chi connectivity index (χ0) is 16.8. The number of halogens is 1. The fourth-order valence-corrected chi connectivity index (χ4v) is 4.11. The third kappa shape index (κ3) is 2.55. The Bertz CT molecular complexity index is 835. The molecule has 0 amide bonds. The van der Waals surface area contributed by atoms with Gasteiger partial charge in [-0.1, -0.05) is 0 Å². The lowest BCUT2D eigenvalue weighted by molar-refractivity contribution is 0.0496. The van der Waals surface area contributed by atoms with Crippen molar-refractivity contribution in [2.24, 2.45) is 5.73 Å². The molecule has 2 aromatic rings. The predicted octanol–water partition coefficient (Wildman–Crippen LogP) is 1.02. The molecule has 1 aromatic heterocycles. The maximum absolute atomic E-state index is 14.6. The first kappa shape index (κ1) is 15.7. The van der Waals surface area contributed by atoms with Crippen LogP contribution >= 0.6 is 0 Å². The number of likely N-dealkylation sites (tertiary alicyclic amines) is 1. The number of pyridine rings is 1. The standard InChI is InChI=1S/C18H22FN3O2/c19-13-3-1-11-2-4-16(24)22-8-5-12(17(13)18(11)22)9-21-7-6-14(20)15(23)10-21/h1-4,12,14-15,23H,5-10,20H2/t12?,14-,15+/m0/s1. The molecule has 2 aliphatic heterocycles. The van der Waals surface area contributed by atoms with Gasteiger partial charge in [-0.3, -0.25) is 4.79 Å². The Morgan fingerprint density at radius 3 is 2.79 bits per heavy atom. The summed E-state index contributed by atoms with van der Waals surface area (Å²) in [6.07, 6.45) is 0.945. The summed E-state index contributed by atoms with van der Waals surface area (Å²) >= 11 is 0. The van der Waals surface area contributed by atoms with Gasteiger partial charge in [-0.25, -0.2) is 4.39 Å². The fraction of sp³-hybridized carbons (Fsp3) is 0.500. The Morgan fingerprint density at radius 2 is 2.00 bits per heavy atom. The number of nitrogens with two attached hydrogens (primary N) is 1. The first-order chi connectivity index (χ1) is 11.5. The van der Waals surface area contributed by atoms with Gasteiger partial charge >= 0.3 is 0 Å². The quantitative estimate of drug-likeness (QED) is 0.862. The molecule has 1 fully saturated rings. The topological polar surface area (TPSA) is 71.5 Å². The number of rotatable bonds is 2. The largest absolute Gasteiger partial charge is 0.390 e. The molecule has 1 aromatic carbocycles. The first-order valence-electron chi connectivity index (χ1n) is 8.52. The van der Waals surface area contributed by atoms with Crippen molar-refractivity contribution >= 4 is 10.9 Å². The number of hydrogen-bond acceptors (Lipinski definition) is 4. The van der Waals surface area contributed by atoms with Crippen molar-refractivity contribution in [2.75, 3.05) is 19.6 Å². The summed E-state index contributed by atoms with van der Waals surface area (Å²) in [5, 5.41) is 10.9. The van der Waals surface area contributed by atoms with Gasteiger partial charge in [-0.15, -0.1) is 0 Å². The monoisotopic (exact) mass is 331 g/mol. The van der Waals surface area contributed by atoms with Gasteiger partial charge in [0.25, 0.3) is 5.56 Å². The minimum Gasteiger partial charge on any atom is -0.390 e. The summed E-state index contributed by atoms with van der Waals surface area (Å²) < 4.78 is 16.3. The lowest BCUT2D eigenvalue weighted by atomic mass is 9.88. The molecular weight excluding hydrogens is 309 g/mol. The van der Waals surface area contributed by atoms with Crippen molar-refractivity contribution in [1.29, 1.82) is 0 Å². The predicted molar refractivity (Wildman–Crippen MR) is 90.6 cm³/mol. The molecule has 3 atom stereocenters. The highest BCUT2D eigenvalue weighted by Crippen LogP contribution is 2.35. The Kier molecular flexibility index (Phi) is 3.90. The zero-order valence-corrected chi connectivity index (χ0v) is 13.5. The average molecular weight is 331 g/mol. The van der Waals surface area contributed by atoms with E-state index in [0.717, 1.165) is 30.3 Å². The molecular formula is C18H22FN3O2. The molecule has 0 radical (unpaired) electrons. The Morgan fingerprint density at radius 1 is 1.21 bits per heavy atom. The number of aliphatic hydroxyl groups is 1. The number of aliphatic hydroxyl groups excluding tert-OH is 1. The van der Waals surface area contributed by atoms with E-state index >= 15 is 0 Å². The van der Waals surface area contributed by atoms with E-state index in [1.807, 2.05) is 0 Å². The van der Waals surface area contributed by atoms with Crippen molar-refractivity contribution in [3.63, 3.8) is 0 Å². The van der Waals surface area contributed by atoms with Gasteiger partial charge in [0.15, 0.2) is 0 Å². The van der Waals surface area contributed by atoms with E-state index in [9.17, 15) is 14.3 Å². The molecule has 0 bridgehead atoms. The number of aryl methyl sites for hydroxylation is 1. The second-order valence-corrected chi connectivity index (χ2v) is 6.99. The number of aromatic nitrogens is 1. The number of benzene rings is 1. The van der Waals surface area contributed by atoms with Crippen LogP contribution in [0.5, 0.6) is 0 Å². The Hall–Kier alpha value is -1.76. The van der Waals surface area contributed by atoms with Crippen LogP contribution in [0.3, 0.4) is 0 Å². The van der Waals surface area contributed by atoms with E-state index in [0.29, 0.717) is 25.2 Å². The molecule has 2 aliphatic rings. The molecule has 0 spiro atoms. The number of piperidine rings is 1. The van der Waals surface area contributed by atoms with E-state index < -0.39 is 6.10 Å². The molecule has 0 aliphatic carbocycles. The van der Waals surface area contributed by atoms with Gasteiger partial charge in [-0.05, 0) is 43.0 Å². The van der Waals surface area contributed by atoms with Crippen LogP contribution in [0.2, 0.25) is 0 Å². The minimum absolute atomic E-state index is 0.0250. The van der Waals surface area contributed by atoms with Crippen molar-refractivity contribution in [3.05, 3.63) is 46.0 Å². The fourth-order valence-electron chi connectivity index (χ4n) is 4.11.